The number of carboxylic acid groups (broad SMARTS) is 1. The number of aliphatic carboxylic acids is 1. The van der Waals surface area contributed by atoms with Crippen molar-refractivity contribution >= 4 is 40.1 Å². The van der Waals surface area contributed by atoms with Gasteiger partial charge >= 0.3 is 12.1 Å². The number of hydrogen-bond acceptors (Lipinski definition) is 3. The molecule has 0 radical (unpaired) electrons. The third kappa shape index (κ3) is 5.48. The van der Waals surface area contributed by atoms with Gasteiger partial charge in [0.15, 0.2) is 0 Å². The highest BCUT2D eigenvalue weighted by molar-refractivity contribution is 6.36. The van der Waals surface area contributed by atoms with Gasteiger partial charge in [0.25, 0.3) is 0 Å². The van der Waals surface area contributed by atoms with Gasteiger partial charge in [-0.3, -0.25) is 14.6 Å². The maximum absolute atomic E-state index is 13.4. The van der Waals surface area contributed by atoms with E-state index in [1.165, 1.54) is 12.1 Å². The van der Waals surface area contributed by atoms with Crippen LogP contribution in [0.1, 0.15) is 41.8 Å². The number of nitrogens with zero attached hydrogens (tertiary/aromatic N) is 3. The predicted octanol–water partition coefficient (Wildman–Crippen LogP) is 6.38. The van der Waals surface area contributed by atoms with Gasteiger partial charge in [0.2, 0.25) is 0 Å². The molecule has 200 valence electrons. The molecule has 2 heterocycles. The molecule has 3 aromatic rings. The molecule has 0 aliphatic carbocycles. The van der Waals surface area contributed by atoms with Gasteiger partial charge in [0, 0.05) is 67.8 Å². The third-order valence-corrected chi connectivity index (χ3v) is 8.32. The maximum Gasteiger partial charge on any atom is 0.416 e. The van der Waals surface area contributed by atoms with E-state index in [1.54, 1.807) is 38.5 Å². The number of benzene rings is 2. The standard InChI is InChI=1S/C27H30Cl2F3N3O2/c1-16-11-18(27(30,31)32)12-23-20(16)13-19(33(23)4)14-21-22(28)6-5-17(24(21)29)15-34-7-9-35(10-8-34)26(2,3)25(36)37/h5-6,11-13H,7-10,14-15H2,1-4H3,(H,36,37). The van der Waals surface area contributed by atoms with Crippen LogP contribution in [0.2, 0.25) is 10.0 Å². The van der Waals surface area contributed by atoms with E-state index in [1.807, 2.05) is 17.0 Å². The van der Waals surface area contributed by atoms with Crippen molar-refractivity contribution in [2.24, 2.45) is 7.05 Å². The van der Waals surface area contributed by atoms with Crippen molar-refractivity contribution in [1.82, 2.24) is 14.4 Å². The molecule has 1 aliphatic rings. The second-order valence-electron chi connectivity index (χ2n) is 10.2. The first-order chi connectivity index (χ1) is 17.2. The topological polar surface area (TPSA) is 48.7 Å². The van der Waals surface area contributed by atoms with E-state index in [0.29, 0.717) is 60.3 Å². The van der Waals surface area contributed by atoms with Crippen LogP contribution in [0.4, 0.5) is 13.2 Å². The fourth-order valence-corrected chi connectivity index (χ4v) is 5.51. The Hall–Kier alpha value is -2.26. The molecule has 1 N–H and O–H groups in total. The van der Waals surface area contributed by atoms with Crippen LogP contribution in [-0.2, 0) is 31.0 Å². The zero-order valence-corrected chi connectivity index (χ0v) is 22.7. The van der Waals surface area contributed by atoms with E-state index in [-0.39, 0.29) is 0 Å². The molecule has 37 heavy (non-hydrogen) atoms. The lowest BCUT2D eigenvalue weighted by Crippen LogP contribution is -2.57. The molecule has 0 spiro atoms. The van der Waals surface area contributed by atoms with Crippen LogP contribution in [0.25, 0.3) is 10.9 Å². The smallest absolute Gasteiger partial charge is 0.416 e. The lowest BCUT2D eigenvalue weighted by molar-refractivity contribution is -0.150. The van der Waals surface area contributed by atoms with Crippen LogP contribution in [0, 0.1) is 6.92 Å². The van der Waals surface area contributed by atoms with Crippen LogP contribution in [0.3, 0.4) is 0 Å². The normalized spacial score (nSPS) is 16.0. The number of rotatable bonds is 6. The molecule has 0 unspecified atom stereocenters. The first-order valence-electron chi connectivity index (χ1n) is 12.0. The van der Waals surface area contributed by atoms with E-state index < -0.39 is 23.2 Å². The van der Waals surface area contributed by atoms with Gasteiger partial charge in [-0.25, -0.2) is 0 Å². The van der Waals surface area contributed by atoms with Crippen LogP contribution < -0.4 is 0 Å². The number of carboxylic acids is 1. The molecule has 1 saturated heterocycles. The summed E-state index contributed by atoms with van der Waals surface area (Å²) < 4.78 is 41.9. The molecule has 0 atom stereocenters. The fraction of sp³-hybridized carbons (Fsp3) is 0.444. The summed E-state index contributed by atoms with van der Waals surface area (Å²) in [6.07, 6.45) is -4.04. The summed E-state index contributed by atoms with van der Waals surface area (Å²) in [5.41, 5.74) is 1.91. The van der Waals surface area contributed by atoms with Crippen molar-refractivity contribution in [3.05, 3.63) is 68.3 Å². The Morgan fingerprint density at radius 1 is 1.05 bits per heavy atom. The van der Waals surface area contributed by atoms with Crippen molar-refractivity contribution in [2.75, 3.05) is 26.2 Å². The van der Waals surface area contributed by atoms with Gasteiger partial charge in [0.05, 0.1) is 10.6 Å². The number of piperazine rings is 1. The second kappa shape index (κ2) is 10.1. The molecular formula is C27H30Cl2F3N3O2. The minimum atomic E-state index is -4.42. The van der Waals surface area contributed by atoms with E-state index >= 15 is 0 Å². The summed E-state index contributed by atoms with van der Waals surface area (Å²) in [5, 5.41) is 11.3. The van der Waals surface area contributed by atoms with Crippen LogP contribution in [0.15, 0.2) is 30.3 Å². The zero-order chi connectivity index (χ0) is 27.3. The Bertz CT molecular complexity index is 1340. The lowest BCUT2D eigenvalue weighted by atomic mass is 10.0. The predicted molar refractivity (Wildman–Crippen MR) is 140 cm³/mol. The number of fused-ring (bicyclic) bond motifs is 1. The van der Waals surface area contributed by atoms with Crippen molar-refractivity contribution < 1.29 is 23.1 Å². The van der Waals surface area contributed by atoms with Crippen molar-refractivity contribution in [3.63, 3.8) is 0 Å². The van der Waals surface area contributed by atoms with Crippen LogP contribution in [-0.4, -0.2) is 57.2 Å². The average Bonchev–Trinajstić information content (AvgIpc) is 3.14. The molecule has 4 rings (SSSR count). The Morgan fingerprint density at radius 3 is 2.30 bits per heavy atom. The highest BCUT2D eigenvalue weighted by Crippen LogP contribution is 2.36. The summed E-state index contributed by atoms with van der Waals surface area (Å²) in [7, 11) is 1.75. The maximum atomic E-state index is 13.4. The summed E-state index contributed by atoms with van der Waals surface area (Å²) in [6, 6.07) is 7.94. The molecule has 0 saturated carbocycles. The van der Waals surface area contributed by atoms with Gasteiger partial charge in [-0.15, -0.1) is 0 Å². The van der Waals surface area contributed by atoms with Crippen molar-refractivity contribution in [1.29, 1.82) is 0 Å². The van der Waals surface area contributed by atoms with E-state index in [9.17, 15) is 23.1 Å². The number of halogens is 5. The lowest BCUT2D eigenvalue weighted by Gasteiger charge is -2.41. The highest BCUT2D eigenvalue weighted by atomic mass is 35.5. The number of hydrogen-bond donors (Lipinski definition) is 1. The Kier molecular flexibility index (Phi) is 7.60. The van der Waals surface area contributed by atoms with E-state index in [0.717, 1.165) is 22.2 Å². The van der Waals surface area contributed by atoms with Crippen LogP contribution in [0.5, 0.6) is 0 Å². The largest absolute Gasteiger partial charge is 0.480 e. The average molecular weight is 556 g/mol. The SMILES string of the molecule is Cc1cc(C(F)(F)F)cc2c1cc(Cc1c(Cl)ccc(CN3CCN(C(C)(C)C(=O)O)CC3)c1Cl)n2C. The van der Waals surface area contributed by atoms with Gasteiger partial charge in [-0.05, 0) is 61.7 Å². The van der Waals surface area contributed by atoms with Gasteiger partial charge < -0.3 is 9.67 Å². The van der Waals surface area contributed by atoms with Gasteiger partial charge in [0.1, 0.15) is 5.54 Å². The summed E-state index contributed by atoms with van der Waals surface area (Å²) in [6.45, 7) is 8.37. The Labute approximate surface area is 224 Å². The first kappa shape index (κ1) is 27.8. The van der Waals surface area contributed by atoms with E-state index in [4.69, 9.17) is 23.2 Å². The van der Waals surface area contributed by atoms with Gasteiger partial charge in [-0.2, -0.15) is 13.2 Å². The minimum Gasteiger partial charge on any atom is -0.480 e. The number of aryl methyl sites for hydroxylation is 2. The molecule has 0 bridgehead atoms. The van der Waals surface area contributed by atoms with Crippen molar-refractivity contribution in [3.8, 4) is 0 Å². The quantitative estimate of drug-likeness (QED) is 0.383. The van der Waals surface area contributed by atoms with Crippen molar-refractivity contribution in [2.45, 2.75) is 45.5 Å². The second-order valence-corrected chi connectivity index (χ2v) is 11.0. The first-order valence-corrected chi connectivity index (χ1v) is 12.8. The molecule has 0 amide bonds. The summed E-state index contributed by atoms with van der Waals surface area (Å²) in [5.74, 6) is -0.843. The molecule has 5 nitrogen and oxygen atoms in total. The fourth-order valence-electron chi connectivity index (χ4n) is 4.95. The monoisotopic (exact) mass is 555 g/mol. The summed E-state index contributed by atoms with van der Waals surface area (Å²) >= 11 is 13.4. The van der Waals surface area contributed by atoms with E-state index in [2.05, 4.69) is 4.90 Å². The number of alkyl halides is 3. The summed E-state index contributed by atoms with van der Waals surface area (Å²) in [4.78, 5) is 15.8. The zero-order valence-electron chi connectivity index (χ0n) is 21.2. The highest BCUT2D eigenvalue weighted by Gasteiger charge is 2.36. The van der Waals surface area contributed by atoms with Gasteiger partial charge in [-0.1, -0.05) is 29.3 Å². The number of carbonyl (C=O) groups is 1. The number of aromatic nitrogens is 1. The molecule has 1 aromatic heterocycles. The minimum absolute atomic E-state index is 0.373. The van der Waals surface area contributed by atoms with Crippen LogP contribution >= 0.6 is 23.2 Å². The molecule has 1 aliphatic heterocycles. The third-order valence-electron chi connectivity index (χ3n) is 7.50. The Morgan fingerprint density at radius 2 is 1.70 bits per heavy atom. The molecule has 1 fully saturated rings. The molecule has 2 aromatic carbocycles. The molecular weight excluding hydrogens is 526 g/mol. The molecule has 10 heteroatoms. The Balaban J connectivity index is 1.56.